The number of nitrogens with one attached hydrogen (secondary N) is 1. The number of ether oxygens (including phenoxy) is 1. The van der Waals surface area contributed by atoms with E-state index in [0.717, 1.165) is 16.2 Å². The van der Waals surface area contributed by atoms with Gasteiger partial charge in [-0.1, -0.05) is 18.2 Å². The third-order valence-corrected chi connectivity index (χ3v) is 4.29. The third kappa shape index (κ3) is 5.03. The predicted molar refractivity (Wildman–Crippen MR) is 86.9 cm³/mol. The largest absolute Gasteiger partial charge is 0.493 e. The molecule has 0 aliphatic carbocycles. The van der Waals surface area contributed by atoms with Gasteiger partial charge in [0.1, 0.15) is 5.75 Å². The lowest BCUT2D eigenvalue weighted by Crippen LogP contribution is -2.40. The van der Waals surface area contributed by atoms with Crippen LogP contribution in [-0.4, -0.2) is 54.4 Å². The average Bonchev–Trinajstić information content (AvgIpc) is 3.02. The number of carboxylic acids is 1. The van der Waals surface area contributed by atoms with Crippen LogP contribution in [0.5, 0.6) is 5.75 Å². The highest BCUT2D eigenvalue weighted by atomic mass is 19.4. The zero-order valence-electron chi connectivity index (χ0n) is 14.3. The van der Waals surface area contributed by atoms with Gasteiger partial charge in [-0.25, -0.2) is 4.79 Å². The molecular formula is C17H21F3N2O4. The fourth-order valence-corrected chi connectivity index (χ4v) is 2.83. The van der Waals surface area contributed by atoms with Crippen LogP contribution >= 0.6 is 0 Å². The minimum absolute atomic E-state index is 0.218. The monoisotopic (exact) mass is 374 g/mol. The number of likely N-dealkylation sites (tertiary alicyclic amines) is 1. The second kappa shape index (κ2) is 8.29. The zero-order valence-corrected chi connectivity index (χ0v) is 14.3. The van der Waals surface area contributed by atoms with E-state index in [0.29, 0.717) is 13.0 Å². The summed E-state index contributed by atoms with van der Waals surface area (Å²) in [5.74, 6) is -4.50. The molecule has 26 heavy (non-hydrogen) atoms. The number of carbonyl (C=O) groups excluding carboxylic acids is 1. The number of hydrogen-bond acceptors (Lipinski definition) is 3. The number of rotatable bonds is 6. The lowest BCUT2D eigenvalue weighted by molar-refractivity contribution is -0.187. The fraction of sp³-hybridized carbons (Fsp3) is 0.529. The molecule has 2 N–H and O–H groups in total. The average molecular weight is 374 g/mol. The van der Waals surface area contributed by atoms with Crippen molar-refractivity contribution in [3.63, 3.8) is 0 Å². The number of aliphatic carboxylic acids is 1. The van der Waals surface area contributed by atoms with E-state index in [1.54, 1.807) is 0 Å². The Bertz CT molecular complexity index is 651. The highest BCUT2D eigenvalue weighted by molar-refractivity contribution is 5.77. The van der Waals surface area contributed by atoms with Crippen molar-refractivity contribution < 1.29 is 32.6 Å². The van der Waals surface area contributed by atoms with E-state index in [-0.39, 0.29) is 6.54 Å². The minimum atomic E-state index is -4.65. The SMILES string of the molecule is Cc1ccccc1OCCCNC(=O)N1C[C@@H](C(F)(F)F)[C@H](C(=O)O)C1. The molecule has 0 spiro atoms. The normalized spacial score (nSPS) is 20.1. The van der Waals surface area contributed by atoms with E-state index < -0.39 is 43.1 Å². The van der Waals surface area contributed by atoms with Crippen LogP contribution in [0.4, 0.5) is 18.0 Å². The van der Waals surface area contributed by atoms with Crippen molar-refractivity contribution in [2.75, 3.05) is 26.2 Å². The Labute approximate surface area is 148 Å². The first-order chi connectivity index (χ1) is 12.2. The molecule has 1 aliphatic heterocycles. The van der Waals surface area contributed by atoms with Gasteiger partial charge in [0.2, 0.25) is 0 Å². The molecule has 0 radical (unpaired) electrons. The molecule has 0 saturated carbocycles. The van der Waals surface area contributed by atoms with Crippen LogP contribution in [-0.2, 0) is 4.79 Å². The van der Waals surface area contributed by atoms with Crippen molar-refractivity contribution >= 4 is 12.0 Å². The first-order valence-electron chi connectivity index (χ1n) is 8.21. The quantitative estimate of drug-likeness (QED) is 0.751. The Morgan fingerprint density at radius 2 is 2.00 bits per heavy atom. The number of alkyl halides is 3. The molecule has 1 fully saturated rings. The Morgan fingerprint density at radius 3 is 2.58 bits per heavy atom. The van der Waals surface area contributed by atoms with Gasteiger partial charge < -0.3 is 20.1 Å². The molecule has 6 nitrogen and oxygen atoms in total. The number of urea groups is 1. The lowest BCUT2D eigenvalue weighted by atomic mass is 9.96. The zero-order chi connectivity index (χ0) is 19.3. The van der Waals surface area contributed by atoms with E-state index in [2.05, 4.69) is 5.32 Å². The highest BCUT2D eigenvalue weighted by Crippen LogP contribution is 2.37. The maximum absolute atomic E-state index is 12.9. The summed E-state index contributed by atoms with van der Waals surface area (Å²) in [6.07, 6.45) is -4.18. The lowest BCUT2D eigenvalue weighted by Gasteiger charge is -2.18. The summed E-state index contributed by atoms with van der Waals surface area (Å²) < 4.78 is 44.3. The molecule has 9 heteroatoms. The van der Waals surface area contributed by atoms with Gasteiger partial charge in [-0.05, 0) is 25.0 Å². The molecule has 1 aliphatic rings. The maximum Gasteiger partial charge on any atom is 0.394 e. The summed E-state index contributed by atoms with van der Waals surface area (Å²) in [5, 5.41) is 11.5. The van der Waals surface area contributed by atoms with Crippen LogP contribution < -0.4 is 10.1 Å². The number of carboxylic acid groups (broad SMARTS) is 1. The summed E-state index contributed by atoms with van der Waals surface area (Å²) in [6, 6.07) is 6.76. The second-order valence-corrected chi connectivity index (χ2v) is 6.20. The number of halogens is 3. The molecule has 144 valence electrons. The van der Waals surface area contributed by atoms with Gasteiger partial charge in [0, 0.05) is 19.6 Å². The van der Waals surface area contributed by atoms with E-state index in [1.165, 1.54) is 0 Å². The summed E-state index contributed by atoms with van der Waals surface area (Å²) in [5.41, 5.74) is 0.978. The highest BCUT2D eigenvalue weighted by Gasteiger charge is 2.53. The van der Waals surface area contributed by atoms with Crippen LogP contribution in [0.2, 0.25) is 0 Å². The standard InChI is InChI=1S/C17H21F3N2O4/c1-11-5-2-3-6-14(11)26-8-4-7-21-16(25)22-9-12(15(23)24)13(10-22)17(18,19)20/h2-3,5-6,12-13H,4,7-10H2,1H3,(H,21,25)(H,23,24)/t12-,13-/m1/s1. The number of aryl methyl sites for hydroxylation is 1. The third-order valence-electron chi connectivity index (χ3n) is 4.29. The minimum Gasteiger partial charge on any atom is -0.493 e. The summed E-state index contributed by atoms with van der Waals surface area (Å²) in [6.45, 7) is 1.36. The van der Waals surface area contributed by atoms with E-state index >= 15 is 0 Å². The molecule has 1 saturated heterocycles. The van der Waals surface area contributed by atoms with Gasteiger partial charge in [-0.3, -0.25) is 4.79 Å². The van der Waals surface area contributed by atoms with E-state index in [9.17, 15) is 22.8 Å². The number of para-hydroxylation sites is 1. The molecule has 2 atom stereocenters. The molecule has 1 heterocycles. The Hall–Kier alpha value is -2.45. The van der Waals surface area contributed by atoms with Crippen molar-refractivity contribution in [1.29, 1.82) is 0 Å². The van der Waals surface area contributed by atoms with Gasteiger partial charge in [0.25, 0.3) is 0 Å². The number of benzene rings is 1. The second-order valence-electron chi connectivity index (χ2n) is 6.20. The van der Waals surface area contributed by atoms with Crippen molar-refractivity contribution in [2.24, 2.45) is 11.8 Å². The van der Waals surface area contributed by atoms with E-state index in [1.807, 2.05) is 31.2 Å². The summed E-state index contributed by atoms with van der Waals surface area (Å²) in [4.78, 5) is 23.9. The summed E-state index contributed by atoms with van der Waals surface area (Å²) in [7, 11) is 0. The fourth-order valence-electron chi connectivity index (χ4n) is 2.83. The van der Waals surface area contributed by atoms with Crippen LogP contribution in [0.1, 0.15) is 12.0 Å². The molecule has 2 rings (SSSR count). The van der Waals surface area contributed by atoms with Crippen molar-refractivity contribution in [3.8, 4) is 5.75 Å². The number of hydrogen-bond donors (Lipinski definition) is 2. The molecular weight excluding hydrogens is 353 g/mol. The molecule has 1 aromatic carbocycles. The smallest absolute Gasteiger partial charge is 0.394 e. The first-order valence-corrected chi connectivity index (χ1v) is 8.21. The van der Waals surface area contributed by atoms with Gasteiger partial charge in [-0.2, -0.15) is 13.2 Å². The van der Waals surface area contributed by atoms with Crippen LogP contribution in [0.15, 0.2) is 24.3 Å². The van der Waals surface area contributed by atoms with Crippen LogP contribution in [0, 0.1) is 18.8 Å². The molecule has 0 unspecified atom stereocenters. The van der Waals surface area contributed by atoms with Crippen molar-refractivity contribution in [2.45, 2.75) is 19.5 Å². The predicted octanol–water partition coefficient (Wildman–Crippen LogP) is 2.67. The number of nitrogens with zero attached hydrogens (tertiary/aromatic N) is 1. The van der Waals surface area contributed by atoms with E-state index in [4.69, 9.17) is 9.84 Å². The van der Waals surface area contributed by atoms with Gasteiger partial charge in [0.15, 0.2) is 0 Å². The van der Waals surface area contributed by atoms with Gasteiger partial charge >= 0.3 is 18.2 Å². The molecule has 0 bridgehead atoms. The van der Waals surface area contributed by atoms with Gasteiger partial charge in [0.05, 0.1) is 18.4 Å². The van der Waals surface area contributed by atoms with Crippen molar-refractivity contribution in [3.05, 3.63) is 29.8 Å². The number of carbonyl (C=O) groups is 2. The Balaban J connectivity index is 1.76. The Kier molecular flexibility index (Phi) is 6.33. The van der Waals surface area contributed by atoms with Crippen LogP contribution in [0.25, 0.3) is 0 Å². The van der Waals surface area contributed by atoms with Crippen LogP contribution in [0.3, 0.4) is 0 Å². The first kappa shape index (κ1) is 19.9. The topological polar surface area (TPSA) is 78.9 Å². The molecule has 1 aromatic rings. The Morgan fingerprint density at radius 1 is 1.31 bits per heavy atom. The van der Waals surface area contributed by atoms with Gasteiger partial charge in [-0.15, -0.1) is 0 Å². The van der Waals surface area contributed by atoms with Crippen molar-refractivity contribution in [1.82, 2.24) is 10.2 Å². The maximum atomic E-state index is 12.9. The molecule has 0 aromatic heterocycles. The number of amides is 2. The summed E-state index contributed by atoms with van der Waals surface area (Å²) >= 11 is 0. The molecule has 2 amide bonds.